The van der Waals surface area contributed by atoms with E-state index in [0.717, 1.165) is 49.1 Å². The molecule has 0 aliphatic carbocycles. The summed E-state index contributed by atoms with van der Waals surface area (Å²) in [6, 6.07) is 6.13. The number of hydrogen-bond donors (Lipinski definition) is 0. The summed E-state index contributed by atoms with van der Waals surface area (Å²) in [5.41, 5.74) is 3.15. The molecule has 1 fully saturated rings. The molecule has 6 nitrogen and oxygen atoms in total. The number of imidazole rings is 1. The van der Waals surface area contributed by atoms with Gasteiger partial charge < -0.3 is 4.57 Å². The molecule has 0 amide bonds. The van der Waals surface area contributed by atoms with Crippen LogP contribution in [0.1, 0.15) is 29.4 Å². The van der Waals surface area contributed by atoms with E-state index in [1.165, 1.54) is 5.56 Å². The number of rotatable bonds is 4. The summed E-state index contributed by atoms with van der Waals surface area (Å²) in [6.07, 6.45) is 8.59. The summed E-state index contributed by atoms with van der Waals surface area (Å²) in [6.45, 7) is 5.01. The first-order valence-electron chi connectivity index (χ1n) is 8.63. The second kappa shape index (κ2) is 6.72. The molecule has 0 spiro atoms. The molecule has 1 atom stereocenters. The fraction of sp³-hybridized carbons (Fsp3) is 0.368. The molecule has 0 radical (unpaired) electrons. The third-order valence-corrected chi connectivity index (χ3v) is 4.69. The van der Waals surface area contributed by atoms with Crippen molar-refractivity contribution in [2.45, 2.75) is 25.8 Å². The van der Waals surface area contributed by atoms with Crippen LogP contribution in [-0.2, 0) is 13.6 Å². The van der Waals surface area contributed by atoms with Crippen molar-refractivity contribution in [1.82, 2.24) is 29.4 Å². The molecule has 0 bridgehead atoms. The first-order chi connectivity index (χ1) is 12.2. The van der Waals surface area contributed by atoms with Gasteiger partial charge in [0.15, 0.2) is 5.82 Å². The zero-order valence-corrected chi connectivity index (χ0v) is 14.6. The lowest BCUT2D eigenvalue weighted by molar-refractivity contribution is 0.325. The van der Waals surface area contributed by atoms with Crippen LogP contribution in [0, 0.1) is 6.92 Å². The summed E-state index contributed by atoms with van der Waals surface area (Å²) in [4.78, 5) is 20.6. The smallest absolute Gasteiger partial charge is 0.158 e. The second-order valence-corrected chi connectivity index (χ2v) is 6.70. The first-order valence-corrected chi connectivity index (χ1v) is 8.63. The molecular weight excluding hydrogens is 312 g/mol. The summed E-state index contributed by atoms with van der Waals surface area (Å²) >= 11 is 0. The van der Waals surface area contributed by atoms with Crippen LogP contribution in [0.4, 0.5) is 0 Å². The standard InChI is InChI=1S/C19H22N6/c1-14-10-17(19-21-7-9-24(19)2)23-18(22-14)16-5-8-25(13-16)12-15-4-3-6-20-11-15/h3-4,6-7,9-11,16H,5,8,12-13H2,1-2H3/t16-/m0/s1. The topological polar surface area (TPSA) is 59.7 Å². The highest BCUT2D eigenvalue weighted by atomic mass is 15.2. The predicted octanol–water partition coefficient (Wildman–Crippen LogP) is 2.57. The van der Waals surface area contributed by atoms with Crippen LogP contribution in [0.25, 0.3) is 11.5 Å². The van der Waals surface area contributed by atoms with Crippen LogP contribution >= 0.6 is 0 Å². The van der Waals surface area contributed by atoms with Crippen molar-refractivity contribution in [2.75, 3.05) is 13.1 Å². The molecule has 1 saturated heterocycles. The van der Waals surface area contributed by atoms with E-state index in [0.29, 0.717) is 5.92 Å². The van der Waals surface area contributed by atoms with Crippen molar-refractivity contribution in [3.63, 3.8) is 0 Å². The van der Waals surface area contributed by atoms with Crippen LogP contribution in [-0.4, -0.2) is 42.5 Å². The number of nitrogens with zero attached hydrogens (tertiary/aromatic N) is 6. The molecule has 3 aromatic rings. The molecular formula is C19H22N6. The maximum Gasteiger partial charge on any atom is 0.158 e. The number of hydrogen-bond acceptors (Lipinski definition) is 5. The third-order valence-electron chi connectivity index (χ3n) is 4.69. The average molecular weight is 334 g/mol. The Morgan fingerprint density at radius 1 is 1.24 bits per heavy atom. The van der Waals surface area contributed by atoms with Gasteiger partial charge >= 0.3 is 0 Å². The molecule has 1 aliphatic rings. The highest BCUT2D eigenvalue weighted by molar-refractivity contribution is 5.50. The highest BCUT2D eigenvalue weighted by Gasteiger charge is 2.26. The van der Waals surface area contributed by atoms with Gasteiger partial charge in [-0.25, -0.2) is 15.0 Å². The molecule has 1 aliphatic heterocycles. The van der Waals surface area contributed by atoms with E-state index in [1.54, 1.807) is 6.20 Å². The van der Waals surface area contributed by atoms with Crippen molar-refractivity contribution >= 4 is 0 Å². The van der Waals surface area contributed by atoms with Crippen molar-refractivity contribution in [2.24, 2.45) is 7.05 Å². The molecule has 0 N–H and O–H groups in total. The Labute approximate surface area is 147 Å². The van der Waals surface area contributed by atoms with Gasteiger partial charge in [-0.15, -0.1) is 0 Å². The maximum atomic E-state index is 4.83. The van der Waals surface area contributed by atoms with E-state index in [2.05, 4.69) is 20.9 Å². The normalized spacial score (nSPS) is 17.9. The lowest BCUT2D eigenvalue weighted by Gasteiger charge is -2.16. The van der Waals surface area contributed by atoms with Crippen molar-refractivity contribution in [1.29, 1.82) is 0 Å². The fourth-order valence-corrected chi connectivity index (χ4v) is 3.44. The van der Waals surface area contributed by atoms with Crippen LogP contribution < -0.4 is 0 Å². The molecule has 128 valence electrons. The minimum Gasteiger partial charge on any atom is -0.333 e. The molecule has 0 aromatic carbocycles. The van der Waals surface area contributed by atoms with Gasteiger partial charge in [-0.2, -0.15) is 0 Å². The molecule has 4 rings (SSSR count). The Balaban J connectivity index is 1.53. The third kappa shape index (κ3) is 3.44. The molecule has 4 heterocycles. The Morgan fingerprint density at radius 2 is 2.16 bits per heavy atom. The summed E-state index contributed by atoms with van der Waals surface area (Å²) < 4.78 is 1.99. The Kier molecular flexibility index (Phi) is 4.28. The minimum absolute atomic E-state index is 0.371. The van der Waals surface area contributed by atoms with Gasteiger partial charge in [0.2, 0.25) is 0 Å². The quantitative estimate of drug-likeness (QED) is 0.734. The van der Waals surface area contributed by atoms with Gasteiger partial charge in [-0.3, -0.25) is 9.88 Å². The SMILES string of the molecule is Cc1cc(-c2nccn2C)nc([C@H]2CCN(Cc3cccnc3)C2)n1. The number of likely N-dealkylation sites (tertiary alicyclic amines) is 1. The lowest BCUT2D eigenvalue weighted by Crippen LogP contribution is -2.20. The van der Waals surface area contributed by atoms with Gasteiger partial charge in [0.05, 0.1) is 0 Å². The van der Waals surface area contributed by atoms with Gasteiger partial charge in [-0.1, -0.05) is 6.07 Å². The Bertz CT molecular complexity index is 857. The van der Waals surface area contributed by atoms with E-state index >= 15 is 0 Å². The van der Waals surface area contributed by atoms with Crippen LogP contribution in [0.2, 0.25) is 0 Å². The summed E-state index contributed by atoms with van der Waals surface area (Å²) in [5.74, 6) is 2.19. The molecule has 0 saturated carbocycles. The van der Waals surface area contributed by atoms with Gasteiger partial charge in [-0.05, 0) is 37.6 Å². The van der Waals surface area contributed by atoms with Crippen LogP contribution in [0.15, 0.2) is 43.0 Å². The van der Waals surface area contributed by atoms with E-state index in [4.69, 9.17) is 9.97 Å². The van der Waals surface area contributed by atoms with Gasteiger partial charge in [0, 0.05) is 56.5 Å². The van der Waals surface area contributed by atoms with Crippen LogP contribution in [0.3, 0.4) is 0 Å². The molecule has 6 heteroatoms. The number of aromatic nitrogens is 5. The molecule has 25 heavy (non-hydrogen) atoms. The van der Waals surface area contributed by atoms with Crippen molar-refractivity contribution in [3.05, 3.63) is 60.1 Å². The number of pyridine rings is 1. The first kappa shape index (κ1) is 15.9. The van der Waals surface area contributed by atoms with E-state index in [1.807, 2.05) is 49.3 Å². The van der Waals surface area contributed by atoms with E-state index < -0.39 is 0 Å². The predicted molar refractivity (Wildman–Crippen MR) is 95.8 cm³/mol. The van der Waals surface area contributed by atoms with Crippen molar-refractivity contribution in [3.8, 4) is 11.5 Å². The summed E-state index contributed by atoms with van der Waals surface area (Å²) in [5, 5.41) is 0. The Morgan fingerprint density at radius 3 is 2.92 bits per heavy atom. The molecule has 3 aromatic heterocycles. The zero-order valence-electron chi connectivity index (χ0n) is 14.6. The zero-order chi connectivity index (χ0) is 17.2. The molecule has 0 unspecified atom stereocenters. The van der Waals surface area contributed by atoms with Crippen LogP contribution in [0.5, 0.6) is 0 Å². The second-order valence-electron chi connectivity index (χ2n) is 6.70. The monoisotopic (exact) mass is 334 g/mol. The van der Waals surface area contributed by atoms with Gasteiger partial charge in [0.1, 0.15) is 11.5 Å². The summed E-state index contributed by atoms with van der Waals surface area (Å²) in [7, 11) is 1.99. The van der Waals surface area contributed by atoms with Gasteiger partial charge in [0.25, 0.3) is 0 Å². The Hall–Kier alpha value is -2.60. The average Bonchev–Trinajstić information content (AvgIpc) is 3.24. The minimum atomic E-state index is 0.371. The lowest BCUT2D eigenvalue weighted by atomic mass is 10.1. The highest BCUT2D eigenvalue weighted by Crippen LogP contribution is 2.27. The van der Waals surface area contributed by atoms with E-state index in [9.17, 15) is 0 Å². The fourth-order valence-electron chi connectivity index (χ4n) is 3.44. The van der Waals surface area contributed by atoms with Crippen molar-refractivity contribution < 1.29 is 0 Å². The maximum absolute atomic E-state index is 4.83. The number of aryl methyl sites for hydroxylation is 2. The van der Waals surface area contributed by atoms with E-state index in [-0.39, 0.29) is 0 Å². The largest absolute Gasteiger partial charge is 0.333 e.